The summed E-state index contributed by atoms with van der Waals surface area (Å²) in [6.07, 6.45) is 0. The van der Waals surface area contributed by atoms with Gasteiger partial charge in [-0.05, 0) is 29.2 Å². The van der Waals surface area contributed by atoms with Gasteiger partial charge in [-0.25, -0.2) is 0 Å². The molecule has 32 heavy (non-hydrogen) atoms. The van der Waals surface area contributed by atoms with Crippen LogP contribution in [-0.2, 0) is 20.9 Å². The zero-order valence-corrected chi connectivity index (χ0v) is 18.7. The molecule has 0 spiro atoms. The molecule has 1 amide bonds. The highest BCUT2D eigenvalue weighted by molar-refractivity contribution is 5.74. The number of hydrogen-bond donors (Lipinski definition) is 1. The van der Waals surface area contributed by atoms with Crippen molar-refractivity contribution in [2.24, 2.45) is 11.8 Å². The summed E-state index contributed by atoms with van der Waals surface area (Å²) in [6.45, 7) is 6.67. The molecule has 2 heterocycles. The Balaban J connectivity index is 0.000000913. The van der Waals surface area contributed by atoms with E-state index in [-0.39, 0.29) is 18.4 Å². The van der Waals surface area contributed by atoms with Crippen molar-refractivity contribution in [3.05, 3.63) is 65.7 Å². The second-order valence-electron chi connectivity index (χ2n) is 8.22. The molecule has 0 radical (unpaired) electrons. The first-order valence-electron chi connectivity index (χ1n) is 10.9. The Morgan fingerprint density at radius 2 is 1.78 bits per heavy atom. The van der Waals surface area contributed by atoms with Gasteiger partial charge in [0.1, 0.15) is 5.75 Å². The number of amides is 1. The lowest BCUT2D eigenvalue weighted by molar-refractivity contribution is -0.130. The summed E-state index contributed by atoms with van der Waals surface area (Å²) < 4.78 is 11.2. The molecule has 3 atom stereocenters. The molecule has 0 aromatic heterocycles. The third kappa shape index (κ3) is 5.87. The SMILES string of the molecule is COc1ccc([C@H]2[C@@H]3CN(CCOCc4ccccc4)C[C@@H]3CN2C(C)=O)cc1.O=CO. The molecule has 2 fully saturated rings. The van der Waals surface area contributed by atoms with E-state index < -0.39 is 0 Å². The Kier molecular flexibility index (Phi) is 8.64. The summed E-state index contributed by atoms with van der Waals surface area (Å²) in [5.41, 5.74) is 2.41. The standard InChI is InChI=1S/C24H30N2O3.CH2O2/c1-18(27)26-15-21-14-25(12-13-29-17-19-6-4-3-5-7-19)16-23(21)24(26)20-8-10-22(28-2)11-9-20;2-1-3/h3-11,21,23-24H,12-17H2,1-2H3;1H,(H,2,3)/t21-,23-,24+;/m1./s1. The van der Waals surface area contributed by atoms with E-state index in [1.165, 1.54) is 11.1 Å². The van der Waals surface area contributed by atoms with Crippen molar-refractivity contribution in [3.8, 4) is 5.75 Å². The Labute approximate surface area is 189 Å². The summed E-state index contributed by atoms with van der Waals surface area (Å²) in [7, 11) is 1.68. The molecule has 2 aromatic rings. The lowest BCUT2D eigenvalue weighted by Gasteiger charge is -2.29. The molecule has 2 saturated heterocycles. The van der Waals surface area contributed by atoms with E-state index in [1.807, 2.05) is 30.3 Å². The van der Waals surface area contributed by atoms with Crippen LogP contribution in [0.4, 0.5) is 0 Å². The molecule has 4 rings (SSSR count). The van der Waals surface area contributed by atoms with E-state index in [9.17, 15) is 4.79 Å². The maximum absolute atomic E-state index is 12.3. The van der Waals surface area contributed by atoms with Gasteiger partial charge in [-0.2, -0.15) is 0 Å². The van der Waals surface area contributed by atoms with Crippen molar-refractivity contribution in [2.45, 2.75) is 19.6 Å². The number of likely N-dealkylation sites (tertiary alicyclic amines) is 2. The van der Waals surface area contributed by atoms with Crippen LogP contribution >= 0.6 is 0 Å². The summed E-state index contributed by atoms with van der Waals surface area (Å²) in [5.74, 6) is 2.01. The van der Waals surface area contributed by atoms with E-state index >= 15 is 0 Å². The van der Waals surface area contributed by atoms with Crippen LogP contribution in [0.15, 0.2) is 54.6 Å². The predicted octanol–water partition coefficient (Wildman–Crippen LogP) is 3.06. The van der Waals surface area contributed by atoms with Crippen LogP contribution in [0.25, 0.3) is 0 Å². The summed E-state index contributed by atoms with van der Waals surface area (Å²) >= 11 is 0. The molecule has 1 N–H and O–H groups in total. The van der Waals surface area contributed by atoms with E-state index in [1.54, 1.807) is 14.0 Å². The van der Waals surface area contributed by atoms with Crippen LogP contribution in [0.5, 0.6) is 5.75 Å². The van der Waals surface area contributed by atoms with Crippen LogP contribution in [0.3, 0.4) is 0 Å². The average Bonchev–Trinajstić information content (AvgIpc) is 3.36. The second kappa shape index (κ2) is 11.6. The first-order chi connectivity index (χ1) is 15.6. The smallest absolute Gasteiger partial charge is 0.290 e. The molecule has 7 heteroatoms. The fraction of sp³-hybridized carbons (Fsp3) is 0.440. The Morgan fingerprint density at radius 1 is 1.09 bits per heavy atom. The topological polar surface area (TPSA) is 79.3 Å². The van der Waals surface area contributed by atoms with Crippen molar-refractivity contribution in [2.75, 3.05) is 39.9 Å². The maximum Gasteiger partial charge on any atom is 0.290 e. The van der Waals surface area contributed by atoms with Crippen LogP contribution in [0.2, 0.25) is 0 Å². The molecule has 2 aliphatic rings. The van der Waals surface area contributed by atoms with Gasteiger partial charge in [-0.1, -0.05) is 42.5 Å². The van der Waals surface area contributed by atoms with Crippen LogP contribution in [-0.4, -0.2) is 67.2 Å². The Bertz CT molecular complexity index is 858. The monoisotopic (exact) mass is 440 g/mol. The fourth-order valence-corrected chi connectivity index (χ4v) is 4.83. The minimum atomic E-state index is -0.250. The van der Waals surface area contributed by atoms with Gasteiger partial charge in [0.05, 0.1) is 26.4 Å². The van der Waals surface area contributed by atoms with Crippen molar-refractivity contribution in [1.82, 2.24) is 9.80 Å². The summed E-state index contributed by atoms with van der Waals surface area (Å²) in [5, 5.41) is 6.89. The maximum atomic E-state index is 12.3. The number of benzene rings is 2. The molecule has 0 aliphatic carbocycles. The number of rotatable bonds is 7. The second-order valence-corrected chi connectivity index (χ2v) is 8.22. The number of methoxy groups -OCH3 is 1. The van der Waals surface area contributed by atoms with Crippen LogP contribution in [0.1, 0.15) is 24.1 Å². The lowest BCUT2D eigenvalue weighted by atomic mass is 9.89. The van der Waals surface area contributed by atoms with E-state index in [2.05, 4.69) is 34.1 Å². The van der Waals surface area contributed by atoms with Gasteiger partial charge in [-0.15, -0.1) is 0 Å². The van der Waals surface area contributed by atoms with Crippen LogP contribution in [0, 0.1) is 11.8 Å². The molecule has 0 bridgehead atoms. The highest BCUT2D eigenvalue weighted by Crippen LogP contribution is 2.45. The van der Waals surface area contributed by atoms with Crippen molar-refractivity contribution >= 4 is 12.4 Å². The largest absolute Gasteiger partial charge is 0.497 e. The number of hydrogen-bond acceptors (Lipinski definition) is 5. The number of fused-ring (bicyclic) bond motifs is 1. The van der Waals surface area contributed by atoms with E-state index in [4.69, 9.17) is 19.4 Å². The van der Waals surface area contributed by atoms with Gasteiger partial charge in [0, 0.05) is 39.0 Å². The van der Waals surface area contributed by atoms with Gasteiger partial charge < -0.3 is 24.4 Å². The van der Waals surface area contributed by atoms with E-state index in [0.717, 1.165) is 38.5 Å². The summed E-state index contributed by atoms with van der Waals surface area (Å²) in [6, 6.07) is 18.6. The van der Waals surface area contributed by atoms with Crippen molar-refractivity contribution in [1.29, 1.82) is 0 Å². The quantitative estimate of drug-likeness (QED) is 0.527. The van der Waals surface area contributed by atoms with E-state index in [0.29, 0.717) is 18.4 Å². The lowest BCUT2D eigenvalue weighted by Crippen LogP contribution is -2.35. The zero-order chi connectivity index (χ0) is 22.9. The minimum Gasteiger partial charge on any atom is -0.497 e. The first-order valence-corrected chi connectivity index (χ1v) is 10.9. The molecule has 7 nitrogen and oxygen atoms in total. The third-order valence-corrected chi connectivity index (χ3v) is 6.26. The van der Waals surface area contributed by atoms with Gasteiger partial charge in [0.2, 0.25) is 5.91 Å². The van der Waals surface area contributed by atoms with Crippen molar-refractivity contribution < 1.29 is 24.2 Å². The molecule has 2 aliphatic heterocycles. The molecular weight excluding hydrogens is 408 g/mol. The van der Waals surface area contributed by atoms with Gasteiger partial charge in [0.15, 0.2) is 0 Å². The molecule has 172 valence electrons. The highest BCUT2D eigenvalue weighted by atomic mass is 16.5. The zero-order valence-electron chi connectivity index (χ0n) is 18.7. The Hall–Kier alpha value is -2.90. The van der Waals surface area contributed by atoms with Gasteiger partial charge >= 0.3 is 0 Å². The Morgan fingerprint density at radius 3 is 2.41 bits per heavy atom. The molecule has 0 unspecified atom stereocenters. The number of nitrogens with zero attached hydrogens (tertiary/aromatic N) is 2. The number of carboxylic acid groups (broad SMARTS) is 1. The molecule has 0 saturated carbocycles. The van der Waals surface area contributed by atoms with Crippen molar-refractivity contribution in [3.63, 3.8) is 0 Å². The number of ether oxygens (including phenoxy) is 2. The van der Waals surface area contributed by atoms with Gasteiger partial charge in [0.25, 0.3) is 6.47 Å². The predicted molar refractivity (Wildman–Crippen MR) is 121 cm³/mol. The highest BCUT2D eigenvalue weighted by Gasteiger charge is 2.48. The number of carbonyl (C=O) groups excluding carboxylic acids is 1. The minimum absolute atomic E-state index is 0.152. The van der Waals surface area contributed by atoms with Gasteiger partial charge in [-0.3, -0.25) is 9.59 Å². The molecule has 2 aromatic carbocycles. The first kappa shape index (κ1) is 23.8. The number of carbonyl (C=O) groups is 2. The average molecular weight is 441 g/mol. The van der Waals surface area contributed by atoms with Crippen LogP contribution < -0.4 is 4.74 Å². The third-order valence-electron chi connectivity index (χ3n) is 6.26. The normalized spacial score (nSPS) is 22.1. The fourth-order valence-electron chi connectivity index (χ4n) is 4.83. The summed E-state index contributed by atoms with van der Waals surface area (Å²) in [4.78, 5) is 25.2. The molecular formula is C25H32N2O5.